The van der Waals surface area contributed by atoms with E-state index in [2.05, 4.69) is 4.98 Å². The first kappa shape index (κ1) is 14.1. The van der Waals surface area contributed by atoms with Crippen LogP contribution in [0, 0.1) is 0 Å². The van der Waals surface area contributed by atoms with Gasteiger partial charge in [0.25, 0.3) is 0 Å². The quantitative estimate of drug-likeness (QED) is 0.907. The summed E-state index contributed by atoms with van der Waals surface area (Å²) in [4.78, 5) is 4.25. The van der Waals surface area contributed by atoms with Crippen LogP contribution in [0.15, 0.2) is 40.1 Å². The molecule has 0 unspecified atom stereocenters. The van der Waals surface area contributed by atoms with Crippen LogP contribution in [-0.2, 0) is 23.2 Å². The molecule has 102 valence electrons. The standard InChI is InChI=1S/C12H14N2O3S2/c1-14(6-11-8-18-9-13-11)19(16,17)12-4-2-3-10(5-12)7-15/h2-5,8-9,15H,6-7H2,1H3. The van der Waals surface area contributed by atoms with Crippen LogP contribution >= 0.6 is 11.3 Å². The van der Waals surface area contributed by atoms with E-state index in [4.69, 9.17) is 5.11 Å². The molecule has 0 bridgehead atoms. The fraction of sp³-hybridized carbons (Fsp3) is 0.250. The zero-order chi connectivity index (χ0) is 13.9. The smallest absolute Gasteiger partial charge is 0.243 e. The number of hydrogen-bond donors (Lipinski definition) is 1. The highest BCUT2D eigenvalue weighted by molar-refractivity contribution is 7.89. The molecule has 0 spiro atoms. The van der Waals surface area contributed by atoms with Crippen LogP contribution in [0.4, 0.5) is 0 Å². The molecule has 1 aromatic heterocycles. The minimum Gasteiger partial charge on any atom is -0.392 e. The maximum atomic E-state index is 12.3. The Morgan fingerprint density at radius 3 is 2.84 bits per heavy atom. The van der Waals surface area contributed by atoms with Crippen molar-refractivity contribution in [2.24, 2.45) is 0 Å². The lowest BCUT2D eigenvalue weighted by Crippen LogP contribution is -2.26. The van der Waals surface area contributed by atoms with Gasteiger partial charge in [0.2, 0.25) is 10.0 Å². The van der Waals surface area contributed by atoms with Crippen LogP contribution in [-0.4, -0.2) is 29.9 Å². The Morgan fingerprint density at radius 2 is 2.21 bits per heavy atom. The van der Waals surface area contributed by atoms with Crippen molar-refractivity contribution in [2.45, 2.75) is 18.0 Å². The van der Waals surface area contributed by atoms with Gasteiger partial charge in [0, 0.05) is 12.4 Å². The van der Waals surface area contributed by atoms with E-state index in [0.717, 1.165) is 5.69 Å². The van der Waals surface area contributed by atoms with Crippen LogP contribution < -0.4 is 0 Å². The number of aliphatic hydroxyl groups excluding tert-OH is 1. The van der Waals surface area contributed by atoms with Crippen molar-refractivity contribution in [3.05, 3.63) is 46.4 Å². The lowest BCUT2D eigenvalue weighted by Gasteiger charge is -2.16. The lowest BCUT2D eigenvalue weighted by atomic mass is 10.2. The highest BCUT2D eigenvalue weighted by Crippen LogP contribution is 2.18. The average Bonchev–Trinajstić information content (AvgIpc) is 2.91. The highest BCUT2D eigenvalue weighted by Gasteiger charge is 2.21. The summed E-state index contributed by atoms with van der Waals surface area (Å²) in [5.74, 6) is 0. The molecule has 0 atom stereocenters. The Labute approximate surface area is 116 Å². The molecule has 1 N–H and O–H groups in total. The fourth-order valence-electron chi connectivity index (χ4n) is 1.61. The molecule has 0 aliphatic carbocycles. The Kier molecular flexibility index (Phi) is 4.31. The summed E-state index contributed by atoms with van der Waals surface area (Å²) in [5, 5.41) is 10.9. The average molecular weight is 298 g/mol. The first-order valence-electron chi connectivity index (χ1n) is 5.57. The molecule has 1 heterocycles. The summed E-state index contributed by atoms with van der Waals surface area (Å²) in [6.45, 7) is 0.0499. The van der Waals surface area contributed by atoms with Gasteiger partial charge in [-0.15, -0.1) is 11.3 Å². The number of aromatic nitrogens is 1. The van der Waals surface area contributed by atoms with Gasteiger partial charge < -0.3 is 5.11 Å². The lowest BCUT2D eigenvalue weighted by molar-refractivity contribution is 0.281. The molecule has 0 saturated carbocycles. The molecule has 0 aliphatic heterocycles. The zero-order valence-electron chi connectivity index (χ0n) is 10.4. The molecule has 0 saturated heterocycles. The van der Waals surface area contributed by atoms with Crippen molar-refractivity contribution in [3.8, 4) is 0 Å². The monoisotopic (exact) mass is 298 g/mol. The zero-order valence-corrected chi connectivity index (χ0v) is 12.0. The molecule has 7 heteroatoms. The summed E-state index contributed by atoms with van der Waals surface area (Å²) in [5.41, 5.74) is 2.96. The van der Waals surface area contributed by atoms with Crippen molar-refractivity contribution in [3.63, 3.8) is 0 Å². The van der Waals surface area contributed by atoms with E-state index in [-0.39, 0.29) is 18.0 Å². The van der Waals surface area contributed by atoms with Gasteiger partial charge in [-0.3, -0.25) is 0 Å². The summed E-state index contributed by atoms with van der Waals surface area (Å²) in [6, 6.07) is 6.30. The van der Waals surface area contributed by atoms with Gasteiger partial charge in [0.15, 0.2) is 0 Å². The second-order valence-corrected chi connectivity index (χ2v) is 6.81. The molecule has 2 aromatic rings. The maximum Gasteiger partial charge on any atom is 0.243 e. The predicted octanol–water partition coefficient (Wildman–Crippen LogP) is 1.46. The molecule has 0 fully saturated rings. The molecule has 2 rings (SSSR count). The molecular formula is C12H14N2O3S2. The van der Waals surface area contributed by atoms with Crippen LogP contribution in [0.2, 0.25) is 0 Å². The Balaban J connectivity index is 2.25. The molecular weight excluding hydrogens is 284 g/mol. The van der Waals surface area contributed by atoms with Crippen molar-refractivity contribution in [1.82, 2.24) is 9.29 Å². The largest absolute Gasteiger partial charge is 0.392 e. The van der Waals surface area contributed by atoms with Crippen molar-refractivity contribution in [2.75, 3.05) is 7.05 Å². The van der Waals surface area contributed by atoms with Gasteiger partial charge in [-0.1, -0.05) is 12.1 Å². The third-order valence-electron chi connectivity index (χ3n) is 2.66. The Morgan fingerprint density at radius 1 is 1.42 bits per heavy atom. The minimum absolute atomic E-state index is 0.178. The van der Waals surface area contributed by atoms with E-state index in [0.29, 0.717) is 5.56 Å². The van der Waals surface area contributed by atoms with E-state index < -0.39 is 10.0 Å². The van der Waals surface area contributed by atoms with Gasteiger partial charge in [-0.05, 0) is 17.7 Å². The molecule has 19 heavy (non-hydrogen) atoms. The fourth-order valence-corrected chi connectivity index (χ4v) is 3.38. The summed E-state index contributed by atoms with van der Waals surface area (Å²) in [7, 11) is -2.05. The maximum absolute atomic E-state index is 12.3. The molecule has 0 radical (unpaired) electrons. The summed E-state index contributed by atoms with van der Waals surface area (Å²) in [6.07, 6.45) is 0. The number of thiazole rings is 1. The van der Waals surface area contributed by atoms with E-state index >= 15 is 0 Å². The Bertz CT molecular complexity index is 639. The number of benzene rings is 1. The van der Waals surface area contributed by atoms with Gasteiger partial charge >= 0.3 is 0 Å². The SMILES string of the molecule is CN(Cc1cscn1)S(=O)(=O)c1cccc(CO)c1. The molecule has 1 aromatic carbocycles. The normalized spacial score (nSPS) is 11.9. The number of nitrogens with zero attached hydrogens (tertiary/aromatic N) is 2. The second-order valence-electron chi connectivity index (χ2n) is 4.05. The molecule has 0 amide bonds. The number of sulfonamides is 1. The topological polar surface area (TPSA) is 70.5 Å². The summed E-state index contributed by atoms with van der Waals surface area (Å²) >= 11 is 1.43. The second kappa shape index (κ2) is 5.79. The molecule has 0 aliphatic rings. The van der Waals surface area contributed by atoms with E-state index in [9.17, 15) is 8.42 Å². The Hall–Kier alpha value is -1.28. The predicted molar refractivity (Wildman–Crippen MR) is 73.1 cm³/mol. The van der Waals surface area contributed by atoms with Gasteiger partial charge in [0.1, 0.15) is 0 Å². The third-order valence-corrected chi connectivity index (χ3v) is 5.09. The minimum atomic E-state index is -3.56. The van der Waals surface area contributed by atoms with Gasteiger partial charge in [-0.25, -0.2) is 13.4 Å². The highest BCUT2D eigenvalue weighted by atomic mass is 32.2. The number of aliphatic hydroxyl groups is 1. The van der Waals surface area contributed by atoms with E-state index in [1.807, 2.05) is 5.38 Å². The number of hydrogen-bond acceptors (Lipinski definition) is 5. The van der Waals surface area contributed by atoms with Gasteiger partial charge in [-0.2, -0.15) is 4.31 Å². The van der Waals surface area contributed by atoms with Crippen LogP contribution in [0.25, 0.3) is 0 Å². The first-order valence-corrected chi connectivity index (χ1v) is 7.95. The van der Waals surface area contributed by atoms with Gasteiger partial charge in [0.05, 0.1) is 29.3 Å². The third kappa shape index (κ3) is 3.19. The first-order chi connectivity index (χ1) is 9.04. The van der Waals surface area contributed by atoms with E-state index in [1.165, 1.54) is 34.8 Å². The van der Waals surface area contributed by atoms with Crippen molar-refractivity contribution in [1.29, 1.82) is 0 Å². The summed E-state index contributed by atoms with van der Waals surface area (Å²) < 4.78 is 25.9. The van der Waals surface area contributed by atoms with Crippen LogP contribution in [0.1, 0.15) is 11.3 Å². The van der Waals surface area contributed by atoms with Crippen LogP contribution in [0.5, 0.6) is 0 Å². The van der Waals surface area contributed by atoms with E-state index in [1.54, 1.807) is 17.6 Å². The molecule has 5 nitrogen and oxygen atoms in total. The van der Waals surface area contributed by atoms with Crippen molar-refractivity contribution >= 4 is 21.4 Å². The van der Waals surface area contributed by atoms with Crippen LogP contribution in [0.3, 0.4) is 0 Å². The van der Waals surface area contributed by atoms with Crippen molar-refractivity contribution < 1.29 is 13.5 Å². The number of rotatable bonds is 5.